The second kappa shape index (κ2) is 6.46. The number of carboxylic acids is 1. The van der Waals surface area contributed by atoms with Crippen LogP contribution in [-0.2, 0) is 4.79 Å². The minimum absolute atomic E-state index is 0.00686. The van der Waals surface area contributed by atoms with Gasteiger partial charge in [-0.3, -0.25) is 4.79 Å². The zero-order chi connectivity index (χ0) is 19.1. The first-order valence-corrected chi connectivity index (χ1v) is 8.78. The first-order valence-electron chi connectivity index (χ1n) is 8.78. The molecule has 1 heterocycles. The lowest BCUT2D eigenvalue weighted by molar-refractivity contribution is -0.115. The predicted octanol–water partition coefficient (Wildman–Crippen LogP) is 3.52. The second-order valence-corrected chi connectivity index (χ2v) is 6.82. The van der Waals surface area contributed by atoms with Crippen LogP contribution in [-0.4, -0.2) is 29.0 Å². The summed E-state index contributed by atoms with van der Waals surface area (Å²) in [7, 11) is 1.74. The van der Waals surface area contributed by atoms with Gasteiger partial charge in [0.15, 0.2) is 5.78 Å². The molecule has 4 rings (SSSR count). The summed E-state index contributed by atoms with van der Waals surface area (Å²) in [5.41, 5.74) is 2.40. The molecule has 6 heteroatoms. The molecule has 0 amide bonds. The third-order valence-electron chi connectivity index (χ3n) is 5.24. The van der Waals surface area contributed by atoms with E-state index < -0.39 is 5.97 Å². The van der Waals surface area contributed by atoms with E-state index in [9.17, 15) is 19.8 Å². The van der Waals surface area contributed by atoms with Crippen molar-refractivity contribution in [3.63, 3.8) is 0 Å². The van der Waals surface area contributed by atoms with Gasteiger partial charge in [-0.1, -0.05) is 12.1 Å². The highest BCUT2D eigenvalue weighted by Crippen LogP contribution is 2.50. The number of phenolic OH excluding ortho intramolecular Hbond substituents is 1. The molecule has 0 spiro atoms. The molecule has 0 saturated carbocycles. The maximum absolute atomic E-state index is 11.9. The Bertz CT molecular complexity index is 979. The van der Waals surface area contributed by atoms with Crippen molar-refractivity contribution in [3.05, 3.63) is 64.9 Å². The molecule has 0 fully saturated rings. The average molecular weight is 365 g/mol. The van der Waals surface area contributed by atoms with Gasteiger partial charge >= 0.3 is 5.97 Å². The van der Waals surface area contributed by atoms with Gasteiger partial charge in [-0.05, 0) is 30.2 Å². The lowest BCUT2D eigenvalue weighted by Gasteiger charge is -2.37. The third kappa shape index (κ3) is 2.93. The number of rotatable bonds is 3. The molecule has 2 aliphatic rings. The van der Waals surface area contributed by atoms with Crippen LogP contribution in [0.15, 0.2) is 48.2 Å². The first-order chi connectivity index (χ1) is 13.0. The van der Waals surface area contributed by atoms with Crippen molar-refractivity contribution in [1.82, 2.24) is 0 Å². The average Bonchev–Trinajstić information content (AvgIpc) is 2.65. The normalized spacial score (nSPS) is 20.8. The van der Waals surface area contributed by atoms with E-state index in [1.54, 1.807) is 25.2 Å². The molecule has 1 aliphatic heterocycles. The van der Waals surface area contributed by atoms with Gasteiger partial charge < -0.3 is 20.3 Å². The third-order valence-corrected chi connectivity index (χ3v) is 5.24. The van der Waals surface area contributed by atoms with Crippen LogP contribution in [0.2, 0.25) is 0 Å². The van der Waals surface area contributed by atoms with Crippen LogP contribution < -0.4 is 10.1 Å². The number of hydrogen-bond donors (Lipinski definition) is 3. The van der Waals surface area contributed by atoms with E-state index in [1.807, 2.05) is 12.1 Å². The van der Waals surface area contributed by atoms with Crippen LogP contribution in [0.3, 0.4) is 0 Å². The maximum atomic E-state index is 11.9. The molecule has 0 saturated heterocycles. The summed E-state index contributed by atoms with van der Waals surface area (Å²) in [6, 6.07) is 10.1. The number of nitrogens with one attached hydrogen (secondary N) is 1. The summed E-state index contributed by atoms with van der Waals surface area (Å²) in [6.45, 7) is 0. The standard InChI is InChI=1S/C21H19NO5/c1-22-11-2-5-14(17(8-11)21(25)26)20-15-6-3-12(23)9-18(15)27-19-10-13(24)4-7-16(19)20/h2-3,5-6,8-10,16,20,22-23H,4,7H2,1H3,(H,25,26)/t16-,20?/m0/s1. The van der Waals surface area contributed by atoms with Crippen LogP contribution in [0.5, 0.6) is 11.5 Å². The molecule has 3 N–H and O–H groups in total. The summed E-state index contributed by atoms with van der Waals surface area (Å²) in [6.07, 6.45) is 2.48. The summed E-state index contributed by atoms with van der Waals surface area (Å²) in [5.74, 6) is -0.379. The second-order valence-electron chi connectivity index (χ2n) is 6.82. The van der Waals surface area contributed by atoms with Crippen molar-refractivity contribution in [1.29, 1.82) is 0 Å². The summed E-state index contributed by atoms with van der Waals surface area (Å²) >= 11 is 0. The first kappa shape index (κ1) is 17.1. The van der Waals surface area contributed by atoms with Crippen molar-refractivity contribution in [2.75, 3.05) is 12.4 Å². The molecule has 6 nitrogen and oxygen atoms in total. The Kier molecular flexibility index (Phi) is 4.11. The van der Waals surface area contributed by atoms with E-state index in [-0.39, 0.29) is 28.9 Å². The number of aromatic hydroxyl groups is 1. The number of carbonyl (C=O) groups excluding carboxylic acids is 1. The Hall–Kier alpha value is -3.28. The number of anilines is 1. The Labute approximate surface area is 156 Å². The maximum Gasteiger partial charge on any atom is 0.336 e. The summed E-state index contributed by atoms with van der Waals surface area (Å²) in [5, 5.41) is 22.6. The molecule has 2 aromatic rings. The number of phenols is 1. The van der Waals surface area contributed by atoms with E-state index in [2.05, 4.69) is 5.32 Å². The summed E-state index contributed by atoms with van der Waals surface area (Å²) in [4.78, 5) is 23.8. The number of hydrogen-bond acceptors (Lipinski definition) is 5. The lowest BCUT2D eigenvalue weighted by Crippen LogP contribution is -2.30. The zero-order valence-electron chi connectivity index (χ0n) is 14.7. The minimum atomic E-state index is -1.01. The van der Waals surface area contributed by atoms with Gasteiger partial charge in [0.25, 0.3) is 0 Å². The highest BCUT2D eigenvalue weighted by Gasteiger charge is 2.40. The number of benzene rings is 2. The fraction of sp³-hybridized carbons (Fsp3) is 0.238. The van der Waals surface area contributed by atoms with Crippen molar-refractivity contribution >= 4 is 17.4 Å². The molecule has 1 aliphatic carbocycles. The lowest BCUT2D eigenvalue weighted by atomic mass is 9.72. The number of allylic oxidation sites excluding steroid dienone is 2. The number of carbonyl (C=O) groups is 2. The molecule has 138 valence electrons. The number of fused-ring (bicyclic) bond motifs is 2. The molecule has 2 aromatic carbocycles. The van der Waals surface area contributed by atoms with Gasteiger partial charge in [0, 0.05) is 48.7 Å². The Morgan fingerprint density at radius 2 is 1.96 bits per heavy atom. The van der Waals surface area contributed by atoms with Gasteiger partial charge in [-0.15, -0.1) is 0 Å². The fourth-order valence-electron chi connectivity index (χ4n) is 3.98. The molecular formula is C21H19NO5. The van der Waals surface area contributed by atoms with Gasteiger partial charge in [-0.2, -0.15) is 0 Å². The van der Waals surface area contributed by atoms with E-state index in [0.29, 0.717) is 35.6 Å². The van der Waals surface area contributed by atoms with Gasteiger partial charge in [0.05, 0.1) is 5.56 Å². The number of ether oxygens (including phenoxy) is 1. The SMILES string of the molecule is CNc1ccc(C2c3ccc(O)cc3OC3=CC(=O)CC[C@@H]32)c(C(=O)O)c1. The molecule has 2 atom stereocenters. The topological polar surface area (TPSA) is 95.9 Å². The predicted molar refractivity (Wildman–Crippen MR) is 99.3 cm³/mol. The van der Waals surface area contributed by atoms with Crippen molar-refractivity contribution < 1.29 is 24.5 Å². The summed E-state index contributed by atoms with van der Waals surface area (Å²) < 4.78 is 5.90. The molecule has 27 heavy (non-hydrogen) atoms. The van der Waals surface area contributed by atoms with Crippen molar-refractivity contribution in [2.45, 2.75) is 18.8 Å². The van der Waals surface area contributed by atoms with E-state index in [0.717, 1.165) is 5.56 Å². The number of carboxylic acid groups (broad SMARTS) is 1. The quantitative estimate of drug-likeness (QED) is 0.770. The largest absolute Gasteiger partial charge is 0.508 e. The highest BCUT2D eigenvalue weighted by molar-refractivity contribution is 5.92. The molecular weight excluding hydrogens is 346 g/mol. The van der Waals surface area contributed by atoms with Gasteiger partial charge in [-0.25, -0.2) is 4.79 Å². The van der Waals surface area contributed by atoms with E-state index >= 15 is 0 Å². The van der Waals surface area contributed by atoms with Crippen molar-refractivity contribution in [3.8, 4) is 11.5 Å². The van der Waals surface area contributed by atoms with E-state index in [4.69, 9.17) is 4.74 Å². The number of ketones is 1. The Morgan fingerprint density at radius 1 is 1.19 bits per heavy atom. The number of aromatic carboxylic acids is 1. The Balaban J connectivity index is 1.94. The molecule has 0 aromatic heterocycles. The van der Waals surface area contributed by atoms with Crippen LogP contribution in [0.25, 0.3) is 0 Å². The smallest absolute Gasteiger partial charge is 0.336 e. The monoisotopic (exact) mass is 365 g/mol. The molecule has 0 radical (unpaired) electrons. The Morgan fingerprint density at radius 3 is 2.70 bits per heavy atom. The van der Waals surface area contributed by atoms with Crippen LogP contribution in [0.1, 0.15) is 40.2 Å². The van der Waals surface area contributed by atoms with Crippen LogP contribution in [0.4, 0.5) is 5.69 Å². The molecule has 1 unspecified atom stereocenters. The fourth-order valence-corrected chi connectivity index (χ4v) is 3.98. The van der Waals surface area contributed by atoms with Crippen molar-refractivity contribution in [2.24, 2.45) is 5.92 Å². The van der Waals surface area contributed by atoms with Crippen LogP contribution >= 0.6 is 0 Å². The van der Waals surface area contributed by atoms with E-state index in [1.165, 1.54) is 12.1 Å². The minimum Gasteiger partial charge on any atom is -0.508 e. The van der Waals surface area contributed by atoms with Gasteiger partial charge in [0.2, 0.25) is 0 Å². The van der Waals surface area contributed by atoms with Gasteiger partial charge in [0.1, 0.15) is 17.3 Å². The molecule has 0 bridgehead atoms. The zero-order valence-corrected chi connectivity index (χ0v) is 14.7. The highest BCUT2D eigenvalue weighted by atomic mass is 16.5. The van der Waals surface area contributed by atoms with Crippen LogP contribution in [0, 0.1) is 5.92 Å².